The lowest BCUT2D eigenvalue weighted by Crippen LogP contribution is -2.43. The van der Waals surface area contributed by atoms with Crippen LogP contribution in [0.3, 0.4) is 0 Å². The Hall–Kier alpha value is -2.78. The van der Waals surface area contributed by atoms with E-state index in [0.717, 1.165) is 16.9 Å². The SMILES string of the molecule is CCOc1cc(CNc2cccc(NC(=O)C(C)C)c2)cc(Br)c1OCC(=O)N1CCOCC1. The van der Waals surface area contributed by atoms with Crippen molar-refractivity contribution in [2.75, 3.05) is 50.2 Å². The third-order valence-electron chi connectivity index (χ3n) is 5.22. The standard InChI is InChI=1S/C25H32BrN3O5/c1-4-33-22-13-18(15-27-19-6-5-7-20(14-19)28-25(31)17(2)3)12-21(26)24(22)34-16-23(30)29-8-10-32-11-9-29/h5-7,12-14,17,27H,4,8-11,15-16H2,1-3H3,(H,28,31). The smallest absolute Gasteiger partial charge is 0.260 e. The lowest BCUT2D eigenvalue weighted by atomic mass is 10.1. The largest absolute Gasteiger partial charge is 0.490 e. The summed E-state index contributed by atoms with van der Waals surface area (Å²) in [4.78, 5) is 26.2. The fourth-order valence-corrected chi connectivity index (χ4v) is 3.97. The zero-order valence-corrected chi connectivity index (χ0v) is 21.4. The maximum Gasteiger partial charge on any atom is 0.260 e. The van der Waals surface area contributed by atoms with Gasteiger partial charge in [-0.25, -0.2) is 0 Å². The number of halogens is 1. The number of anilines is 2. The number of hydrogen-bond donors (Lipinski definition) is 2. The normalized spacial score (nSPS) is 13.5. The Morgan fingerprint density at radius 3 is 2.56 bits per heavy atom. The minimum absolute atomic E-state index is 0.0230. The molecule has 0 spiro atoms. The third kappa shape index (κ3) is 7.36. The van der Waals surface area contributed by atoms with Crippen LogP contribution in [-0.2, 0) is 20.9 Å². The van der Waals surface area contributed by atoms with Gasteiger partial charge in [0, 0.05) is 36.9 Å². The van der Waals surface area contributed by atoms with Gasteiger partial charge in [0.1, 0.15) is 0 Å². The van der Waals surface area contributed by atoms with Crippen LogP contribution in [0.1, 0.15) is 26.3 Å². The maximum atomic E-state index is 12.5. The number of amides is 2. The van der Waals surface area contributed by atoms with Crippen LogP contribution in [0.4, 0.5) is 11.4 Å². The number of nitrogens with one attached hydrogen (secondary N) is 2. The monoisotopic (exact) mass is 533 g/mol. The van der Waals surface area contributed by atoms with Gasteiger partial charge in [-0.05, 0) is 58.7 Å². The number of hydrogen-bond acceptors (Lipinski definition) is 6. The van der Waals surface area contributed by atoms with Gasteiger partial charge in [0.2, 0.25) is 5.91 Å². The molecular formula is C25H32BrN3O5. The van der Waals surface area contributed by atoms with Crippen molar-refractivity contribution in [2.45, 2.75) is 27.3 Å². The average Bonchev–Trinajstić information content (AvgIpc) is 2.83. The molecule has 0 aromatic heterocycles. The molecule has 34 heavy (non-hydrogen) atoms. The Morgan fingerprint density at radius 1 is 1.12 bits per heavy atom. The minimum atomic E-state index is -0.0872. The molecule has 0 bridgehead atoms. The van der Waals surface area contributed by atoms with Gasteiger partial charge >= 0.3 is 0 Å². The van der Waals surface area contributed by atoms with Gasteiger partial charge in [-0.3, -0.25) is 9.59 Å². The van der Waals surface area contributed by atoms with Crippen LogP contribution in [0, 0.1) is 5.92 Å². The predicted octanol–water partition coefficient (Wildman–Crippen LogP) is 4.29. The highest BCUT2D eigenvalue weighted by molar-refractivity contribution is 9.10. The summed E-state index contributed by atoms with van der Waals surface area (Å²) in [5.74, 6) is 0.890. The van der Waals surface area contributed by atoms with E-state index in [4.69, 9.17) is 14.2 Å². The molecule has 9 heteroatoms. The van der Waals surface area contributed by atoms with Crippen LogP contribution in [0.25, 0.3) is 0 Å². The first kappa shape index (κ1) is 25.8. The predicted molar refractivity (Wildman–Crippen MR) is 135 cm³/mol. The second-order valence-corrected chi connectivity index (χ2v) is 9.05. The Labute approximate surface area is 209 Å². The van der Waals surface area contributed by atoms with E-state index < -0.39 is 0 Å². The summed E-state index contributed by atoms with van der Waals surface area (Å²) in [6.45, 7) is 8.81. The first-order chi connectivity index (χ1) is 16.4. The summed E-state index contributed by atoms with van der Waals surface area (Å²) in [5.41, 5.74) is 2.60. The Balaban J connectivity index is 1.65. The van der Waals surface area contributed by atoms with E-state index in [1.54, 1.807) is 4.90 Å². The molecule has 0 aliphatic carbocycles. The van der Waals surface area contributed by atoms with Crippen LogP contribution < -0.4 is 20.1 Å². The van der Waals surface area contributed by atoms with Crippen LogP contribution in [0.2, 0.25) is 0 Å². The molecule has 1 saturated heterocycles. The molecule has 2 amide bonds. The molecule has 8 nitrogen and oxygen atoms in total. The van der Waals surface area contributed by atoms with E-state index in [9.17, 15) is 9.59 Å². The fraction of sp³-hybridized carbons (Fsp3) is 0.440. The van der Waals surface area contributed by atoms with E-state index in [-0.39, 0.29) is 24.3 Å². The summed E-state index contributed by atoms with van der Waals surface area (Å²) in [5, 5.41) is 6.28. The van der Waals surface area contributed by atoms with Crippen molar-refractivity contribution in [1.29, 1.82) is 0 Å². The molecule has 3 rings (SSSR count). The van der Waals surface area contributed by atoms with E-state index in [1.165, 1.54) is 0 Å². The molecular weight excluding hydrogens is 502 g/mol. The highest BCUT2D eigenvalue weighted by Crippen LogP contribution is 2.37. The van der Waals surface area contributed by atoms with Gasteiger partial charge in [-0.15, -0.1) is 0 Å². The van der Waals surface area contributed by atoms with Crippen molar-refractivity contribution in [2.24, 2.45) is 5.92 Å². The molecule has 1 heterocycles. The number of morpholine rings is 1. The zero-order chi connectivity index (χ0) is 24.5. The van der Waals surface area contributed by atoms with Crippen LogP contribution in [-0.4, -0.2) is 56.2 Å². The molecule has 1 fully saturated rings. The summed E-state index contributed by atoms with van der Waals surface area (Å²) >= 11 is 3.57. The van der Waals surface area contributed by atoms with Crippen molar-refractivity contribution in [3.05, 3.63) is 46.4 Å². The van der Waals surface area contributed by atoms with Crippen molar-refractivity contribution < 1.29 is 23.8 Å². The molecule has 184 valence electrons. The molecule has 1 aliphatic heterocycles. The average molecular weight is 534 g/mol. The third-order valence-corrected chi connectivity index (χ3v) is 5.81. The van der Waals surface area contributed by atoms with Crippen molar-refractivity contribution in [1.82, 2.24) is 4.90 Å². The molecule has 2 N–H and O–H groups in total. The van der Waals surface area contributed by atoms with Gasteiger partial charge < -0.3 is 29.7 Å². The number of nitrogens with zero attached hydrogens (tertiary/aromatic N) is 1. The minimum Gasteiger partial charge on any atom is -0.490 e. The topological polar surface area (TPSA) is 89.1 Å². The van der Waals surface area contributed by atoms with Crippen molar-refractivity contribution >= 4 is 39.1 Å². The highest BCUT2D eigenvalue weighted by atomic mass is 79.9. The van der Waals surface area contributed by atoms with Crippen LogP contribution >= 0.6 is 15.9 Å². The Kier molecular flexibility index (Phi) is 9.59. The second-order valence-electron chi connectivity index (χ2n) is 8.20. The lowest BCUT2D eigenvalue weighted by Gasteiger charge is -2.27. The maximum absolute atomic E-state index is 12.5. The number of benzene rings is 2. The molecule has 2 aromatic carbocycles. The van der Waals surface area contributed by atoms with E-state index in [1.807, 2.05) is 57.2 Å². The van der Waals surface area contributed by atoms with E-state index >= 15 is 0 Å². The van der Waals surface area contributed by atoms with Crippen LogP contribution in [0.15, 0.2) is 40.9 Å². The molecule has 0 unspecified atom stereocenters. The summed E-state index contributed by atoms with van der Waals surface area (Å²) in [7, 11) is 0. The number of carbonyl (C=O) groups excluding carboxylic acids is 2. The van der Waals surface area contributed by atoms with Gasteiger partial charge in [0.05, 0.1) is 24.3 Å². The molecule has 0 saturated carbocycles. The molecule has 0 radical (unpaired) electrons. The summed E-state index contributed by atoms with van der Waals surface area (Å²) < 4.78 is 17.7. The van der Waals surface area contributed by atoms with E-state index in [0.29, 0.717) is 55.4 Å². The second kappa shape index (κ2) is 12.6. The van der Waals surface area contributed by atoms with Gasteiger partial charge in [-0.2, -0.15) is 0 Å². The van der Waals surface area contributed by atoms with Gasteiger partial charge in [0.25, 0.3) is 5.91 Å². The number of carbonyl (C=O) groups is 2. The van der Waals surface area contributed by atoms with Crippen LogP contribution in [0.5, 0.6) is 11.5 Å². The van der Waals surface area contributed by atoms with Gasteiger partial charge in [-0.1, -0.05) is 19.9 Å². The van der Waals surface area contributed by atoms with Gasteiger partial charge in [0.15, 0.2) is 18.1 Å². The fourth-order valence-electron chi connectivity index (χ4n) is 3.36. The van der Waals surface area contributed by atoms with Crippen molar-refractivity contribution in [3.8, 4) is 11.5 Å². The summed E-state index contributed by atoms with van der Waals surface area (Å²) in [6.07, 6.45) is 0. The first-order valence-corrected chi connectivity index (χ1v) is 12.2. The molecule has 2 aromatic rings. The number of rotatable bonds is 10. The van der Waals surface area contributed by atoms with E-state index in [2.05, 4.69) is 26.6 Å². The Morgan fingerprint density at radius 2 is 1.85 bits per heavy atom. The summed E-state index contributed by atoms with van der Waals surface area (Å²) in [6, 6.07) is 11.4. The van der Waals surface area contributed by atoms with Crippen molar-refractivity contribution in [3.63, 3.8) is 0 Å². The zero-order valence-electron chi connectivity index (χ0n) is 19.9. The Bertz CT molecular complexity index is 993. The lowest BCUT2D eigenvalue weighted by molar-refractivity contribution is -0.137. The first-order valence-electron chi connectivity index (χ1n) is 11.5. The quantitative estimate of drug-likeness (QED) is 0.473. The number of ether oxygens (including phenoxy) is 3. The highest BCUT2D eigenvalue weighted by Gasteiger charge is 2.19. The molecule has 1 aliphatic rings. The molecule has 0 atom stereocenters.